The summed E-state index contributed by atoms with van der Waals surface area (Å²) in [7, 11) is 0. The number of hydrogen-bond acceptors (Lipinski definition) is 2. The second-order valence-electron chi connectivity index (χ2n) is 4.66. The van der Waals surface area contributed by atoms with E-state index in [-0.39, 0.29) is 11.8 Å². The van der Waals surface area contributed by atoms with E-state index in [1.807, 2.05) is 0 Å². The van der Waals surface area contributed by atoms with Crippen LogP contribution in [0.2, 0.25) is 5.02 Å². The van der Waals surface area contributed by atoms with Crippen LogP contribution in [0.4, 0.5) is 27.6 Å². The normalized spacial score (nSPS) is 12.1. The van der Waals surface area contributed by atoms with E-state index in [0.717, 1.165) is 0 Å². The Kier molecular flexibility index (Phi) is 5.71. The maximum Gasteiger partial charge on any atom is 0.237 e. The van der Waals surface area contributed by atoms with Gasteiger partial charge in [-0.3, -0.25) is 4.79 Å². The molecule has 0 radical (unpaired) electrons. The first-order valence-electron chi connectivity index (χ1n) is 6.47. The quantitative estimate of drug-likeness (QED) is 0.343. The largest absolute Gasteiger partial charge is 0.325 e. The fraction of sp³-hybridized carbons (Fsp3) is 0.133. The lowest BCUT2D eigenvalue weighted by atomic mass is 10.3. The van der Waals surface area contributed by atoms with Crippen LogP contribution in [0.25, 0.3) is 0 Å². The van der Waals surface area contributed by atoms with Gasteiger partial charge in [0, 0.05) is 10.7 Å². The minimum Gasteiger partial charge on any atom is -0.325 e. The molecule has 2 aromatic rings. The van der Waals surface area contributed by atoms with E-state index in [2.05, 4.69) is 5.32 Å². The molecular formula is C15H9ClF5NOS. The molecule has 0 aliphatic heterocycles. The van der Waals surface area contributed by atoms with E-state index in [0.29, 0.717) is 10.7 Å². The van der Waals surface area contributed by atoms with Gasteiger partial charge in [-0.25, -0.2) is 22.0 Å². The Balaban J connectivity index is 2.19. The number of nitrogens with one attached hydrogen (secondary N) is 1. The van der Waals surface area contributed by atoms with Crippen LogP contribution in [-0.4, -0.2) is 11.2 Å². The summed E-state index contributed by atoms with van der Waals surface area (Å²) in [4.78, 5) is 10.9. The smallest absolute Gasteiger partial charge is 0.237 e. The number of hydrogen-bond donors (Lipinski definition) is 1. The van der Waals surface area contributed by atoms with Crippen molar-refractivity contribution in [2.24, 2.45) is 0 Å². The number of anilines is 1. The van der Waals surface area contributed by atoms with Gasteiger partial charge in [0.15, 0.2) is 23.3 Å². The highest BCUT2D eigenvalue weighted by molar-refractivity contribution is 8.00. The van der Waals surface area contributed by atoms with Crippen LogP contribution in [-0.2, 0) is 4.79 Å². The maximum atomic E-state index is 13.6. The Bertz CT molecular complexity index is 755. The van der Waals surface area contributed by atoms with Crippen molar-refractivity contribution in [3.63, 3.8) is 0 Å². The molecule has 2 rings (SSSR count). The maximum absolute atomic E-state index is 13.6. The van der Waals surface area contributed by atoms with Crippen LogP contribution in [0.3, 0.4) is 0 Å². The number of amides is 1. The van der Waals surface area contributed by atoms with Crippen LogP contribution in [0.1, 0.15) is 6.92 Å². The summed E-state index contributed by atoms with van der Waals surface area (Å²) in [6.07, 6.45) is 0. The molecule has 0 aliphatic rings. The second kappa shape index (κ2) is 7.40. The highest BCUT2D eigenvalue weighted by atomic mass is 35.5. The summed E-state index contributed by atoms with van der Waals surface area (Å²) in [5.41, 5.74) is 0.370. The van der Waals surface area contributed by atoms with Crippen molar-refractivity contribution in [2.75, 3.05) is 5.32 Å². The van der Waals surface area contributed by atoms with E-state index in [9.17, 15) is 26.7 Å². The zero-order chi connectivity index (χ0) is 18.0. The van der Waals surface area contributed by atoms with Gasteiger partial charge < -0.3 is 5.32 Å². The SMILES string of the molecule is C[C@H](Sc1c(F)c(F)c(F)c(F)c1F)C(=O)Nc1ccc(Cl)cc1. The molecule has 1 atom stereocenters. The van der Waals surface area contributed by atoms with Crippen molar-refractivity contribution in [3.05, 3.63) is 58.4 Å². The van der Waals surface area contributed by atoms with Gasteiger partial charge in [-0.1, -0.05) is 11.6 Å². The highest BCUT2D eigenvalue weighted by Crippen LogP contribution is 2.33. The molecule has 0 unspecified atom stereocenters. The van der Waals surface area contributed by atoms with Crippen LogP contribution < -0.4 is 5.32 Å². The van der Waals surface area contributed by atoms with Crippen molar-refractivity contribution in [1.29, 1.82) is 0 Å². The minimum atomic E-state index is -2.24. The highest BCUT2D eigenvalue weighted by Gasteiger charge is 2.28. The van der Waals surface area contributed by atoms with Gasteiger partial charge in [0.05, 0.1) is 10.1 Å². The Hall–Kier alpha value is -1.80. The first kappa shape index (κ1) is 18.5. The molecule has 0 bridgehead atoms. The van der Waals surface area contributed by atoms with Crippen LogP contribution in [0.15, 0.2) is 29.2 Å². The third kappa shape index (κ3) is 3.81. The molecule has 2 nitrogen and oxygen atoms in total. The van der Waals surface area contributed by atoms with Gasteiger partial charge in [-0.05, 0) is 31.2 Å². The summed E-state index contributed by atoms with van der Waals surface area (Å²) in [5.74, 6) is -11.0. The number of thioether (sulfide) groups is 1. The van der Waals surface area contributed by atoms with Crippen molar-refractivity contribution in [2.45, 2.75) is 17.1 Å². The van der Waals surface area contributed by atoms with E-state index >= 15 is 0 Å². The van der Waals surface area contributed by atoms with Crippen LogP contribution in [0.5, 0.6) is 0 Å². The van der Waals surface area contributed by atoms with Gasteiger partial charge in [0.25, 0.3) is 0 Å². The van der Waals surface area contributed by atoms with Crippen molar-refractivity contribution in [1.82, 2.24) is 0 Å². The number of carbonyl (C=O) groups is 1. The lowest BCUT2D eigenvalue weighted by Gasteiger charge is -2.14. The zero-order valence-corrected chi connectivity index (χ0v) is 13.5. The molecule has 2 aromatic carbocycles. The fourth-order valence-corrected chi connectivity index (χ4v) is 2.73. The third-order valence-electron chi connectivity index (χ3n) is 2.95. The third-order valence-corrected chi connectivity index (χ3v) is 4.36. The molecular weight excluding hydrogens is 373 g/mol. The van der Waals surface area contributed by atoms with Gasteiger partial charge in [-0.15, -0.1) is 11.8 Å². The predicted octanol–water partition coefficient (Wildman–Crippen LogP) is 5.15. The van der Waals surface area contributed by atoms with Crippen molar-refractivity contribution >= 4 is 35.0 Å². The minimum absolute atomic E-state index is 0.230. The molecule has 24 heavy (non-hydrogen) atoms. The number of benzene rings is 2. The summed E-state index contributed by atoms with van der Waals surface area (Å²) in [6, 6.07) is 6.02. The Morgan fingerprint density at radius 3 is 1.92 bits per heavy atom. The summed E-state index contributed by atoms with van der Waals surface area (Å²) in [6.45, 7) is 1.27. The van der Waals surface area contributed by atoms with E-state index in [1.54, 1.807) is 0 Å². The van der Waals surface area contributed by atoms with Gasteiger partial charge in [0.2, 0.25) is 11.7 Å². The monoisotopic (exact) mass is 381 g/mol. The lowest BCUT2D eigenvalue weighted by molar-refractivity contribution is -0.115. The molecule has 0 aliphatic carbocycles. The first-order chi connectivity index (χ1) is 11.2. The van der Waals surface area contributed by atoms with Crippen LogP contribution in [0, 0.1) is 29.1 Å². The molecule has 0 fully saturated rings. The number of carbonyl (C=O) groups excluding carboxylic acids is 1. The summed E-state index contributed by atoms with van der Waals surface area (Å²) in [5, 5.41) is 1.77. The Labute approximate surface area is 143 Å². The molecule has 0 spiro atoms. The number of rotatable bonds is 4. The van der Waals surface area contributed by atoms with Crippen molar-refractivity contribution < 1.29 is 26.7 Å². The van der Waals surface area contributed by atoms with Crippen molar-refractivity contribution in [3.8, 4) is 0 Å². The topological polar surface area (TPSA) is 29.1 Å². The standard InChI is InChI=1S/C15H9ClF5NOS/c1-6(15(23)22-8-4-2-7(16)3-5-8)24-14-12(20)10(18)9(17)11(19)13(14)21/h2-6H,1H3,(H,22,23)/t6-/m0/s1. The fourth-order valence-electron chi connectivity index (χ4n) is 1.70. The molecule has 0 aromatic heterocycles. The van der Waals surface area contributed by atoms with Gasteiger partial charge in [-0.2, -0.15) is 0 Å². The summed E-state index contributed by atoms with van der Waals surface area (Å²) < 4.78 is 66.5. The Morgan fingerprint density at radius 2 is 1.42 bits per heavy atom. The number of halogens is 6. The average molecular weight is 382 g/mol. The van der Waals surface area contributed by atoms with E-state index < -0.39 is 45.1 Å². The van der Waals surface area contributed by atoms with Gasteiger partial charge >= 0.3 is 0 Å². The lowest BCUT2D eigenvalue weighted by Crippen LogP contribution is -2.23. The molecule has 9 heteroatoms. The first-order valence-corrected chi connectivity index (χ1v) is 7.72. The molecule has 0 heterocycles. The zero-order valence-electron chi connectivity index (χ0n) is 12.0. The van der Waals surface area contributed by atoms with Crippen LogP contribution >= 0.6 is 23.4 Å². The molecule has 1 N–H and O–H groups in total. The Morgan fingerprint density at radius 1 is 0.958 bits per heavy atom. The second-order valence-corrected chi connectivity index (χ2v) is 6.44. The molecule has 1 amide bonds. The van der Waals surface area contributed by atoms with E-state index in [4.69, 9.17) is 11.6 Å². The van der Waals surface area contributed by atoms with E-state index in [1.165, 1.54) is 31.2 Å². The summed E-state index contributed by atoms with van der Waals surface area (Å²) >= 11 is 5.92. The van der Waals surface area contributed by atoms with Gasteiger partial charge in [0.1, 0.15) is 0 Å². The molecule has 128 valence electrons. The molecule has 0 saturated carbocycles. The average Bonchev–Trinajstić information content (AvgIpc) is 2.57. The molecule has 0 saturated heterocycles. The predicted molar refractivity (Wildman–Crippen MR) is 81.6 cm³/mol.